The van der Waals surface area contributed by atoms with Crippen LogP contribution in [-0.4, -0.2) is 67.5 Å². The van der Waals surface area contributed by atoms with Crippen molar-refractivity contribution in [1.82, 2.24) is 31.0 Å². The van der Waals surface area contributed by atoms with Gasteiger partial charge in [-0.3, -0.25) is 39.0 Å². The highest BCUT2D eigenvalue weighted by atomic mass is 32.2. The first-order valence-corrected chi connectivity index (χ1v) is 19.1. The Bertz CT molecular complexity index is 2440. The van der Waals surface area contributed by atoms with Crippen LogP contribution in [0.3, 0.4) is 0 Å². The third kappa shape index (κ3) is 11.9. The second-order valence-corrected chi connectivity index (χ2v) is 15.2. The van der Waals surface area contributed by atoms with Gasteiger partial charge in [0.2, 0.25) is 25.9 Å². The molecule has 5 rings (SSSR count). The molecule has 2 amide bonds. The monoisotopic (exact) mass is 850 g/mol. The number of aromatic nitrogens is 4. The Balaban J connectivity index is 0.000000253. The Hall–Kier alpha value is -6.24. The fourth-order valence-corrected chi connectivity index (χ4v) is 6.18. The normalized spacial score (nSPS) is 11.9. The number of carbonyl (C=O) groups is 2. The maximum Gasteiger partial charge on any atom is 0.472 e. The molecule has 2 aromatic carbocycles. The molecule has 0 fully saturated rings. The predicted octanol–water partition coefficient (Wildman–Crippen LogP) is 4.77. The molecule has 0 aliphatic heterocycles. The van der Waals surface area contributed by atoms with Crippen molar-refractivity contribution < 1.29 is 66.0 Å². The van der Waals surface area contributed by atoms with Gasteiger partial charge in [-0.2, -0.15) is 26.3 Å². The predicted molar refractivity (Wildman–Crippen MR) is 183 cm³/mol. The maximum absolute atomic E-state index is 14.5. The Morgan fingerprint density at radius 3 is 1.63 bits per heavy atom. The van der Waals surface area contributed by atoms with E-state index in [4.69, 9.17) is 0 Å². The molecule has 0 bridgehead atoms. The molecular weight excluding hydrogens is 825 g/mol. The van der Waals surface area contributed by atoms with E-state index >= 15 is 0 Å². The van der Waals surface area contributed by atoms with E-state index in [1.807, 2.05) is 0 Å². The Labute approximate surface area is 317 Å². The summed E-state index contributed by atoms with van der Waals surface area (Å²) >= 11 is 0. The summed E-state index contributed by atoms with van der Waals surface area (Å²) in [5, 5.41) is 6.13. The summed E-state index contributed by atoms with van der Waals surface area (Å²) in [5.41, 5.74) is 2.51. The molecule has 25 heteroatoms. The third-order valence-corrected chi connectivity index (χ3v) is 9.41. The number of nitrogens with zero attached hydrogens (tertiary/aromatic N) is 6. The van der Waals surface area contributed by atoms with Crippen molar-refractivity contribution in [2.45, 2.75) is 25.4 Å². The number of alkyl halides is 6. The number of rotatable bonds is 10. The fourth-order valence-electron chi connectivity index (χ4n) is 4.45. The molecule has 0 atom stereocenters. The van der Waals surface area contributed by atoms with Crippen molar-refractivity contribution in [1.29, 1.82) is 0 Å². The van der Waals surface area contributed by atoms with Crippen LogP contribution < -0.4 is 19.5 Å². The molecular formula is C32H26F8N8O7S2. The lowest BCUT2D eigenvalue weighted by atomic mass is 10.1. The van der Waals surface area contributed by atoms with Crippen molar-refractivity contribution in [3.63, 3.8) is 0 Å². The SMILES string of the molecule is CS(=O)(=O)N(Cc1ccc(-c2nnc(C(F)(F)F)o2)cc1F)c1cccnc1.CS(=O)(=O)N(Cc1ccc(C(=O)NNC(=O)C(F)(F)F)cc1F)c1cccnc1. The van der Waals surface area contributed by atoms with E-state index in [9.17, 15) is 61.5 Å². The smallest absolute Gasteiger partial charge is 0.413 e. The number of amides is 2. The fraction of sp³-hybridized carbons (Fsp3) is 0.188. The topological polar surface area (TPSA) is 198 Å². The molecule has 304 valence electrons. The van der Waals surface area contributed by atoms with Crippen LogP contribution >= 0.6 is 0 Å². The standard InChI is InChI=1S/C16H14F4N4O4S.C16H12F4N4O3S/c1-29(27,28)24(12-3-2-6-21-8-12)9-11-5-4-10(7-13(11)17)14(25)22-23-15(26)16(18,19)20;1-28(25,26)24(12-3-2-6-21-8-12)9-11-5-4-10(7-13(11)17)14-22-23-15(27-14)16(18,19)20/h2-8H,9H2,1H3,(H,22,25)(H,23,26);2-8H,9H2,1H3. The molecule has 0 aliphatic carbocycles. The van der Waals surface area contributed by atoms with Crippen LogP contribution in [0.2, 0.25) is 0 Å². The van der Waals surface area contributed by atoms with Crippen molar-refractivity contribution in [2.75, 3.05) is 21.1 Å². The first-order chi connectivity index (χ1) is 26.4. The van der Waals surface area contributed by atoms with Crippen molar-refractivity contribution in [3.05, 3.63) is 120 Å². The van der Waals surface area contributed by atoms with E-state index in [2.05, 4.69) is 24.6 Å². The van der Waals surface area contributed by atoms with Crippen LogP contribution in [0.25, 0.3) is 11.5 Å². The lowest BCUT2D eigenvalue weighted by Crippen LogP contribution is -2.47. The van der Waals surface area contributed by atoms with E-state index in [1.165, 1.54) is 66.6 Å². The van der Waals surface area contributed by atoms with Gasteiger partial charge in [0, 0.05) is 34.6 Å². The zero-order chi connectivity index (χ0) is 42.3. The number of halogens is 8. The first-order valence-electron chi connectivity index (χ1n) is 15.4. The third-order valence-electron chi connectivity index (χ3n) is 7.13. The number of anilines is 2. The second-order valence-electron chi connectivity index (χ2n) is 11.4. The van der Waals surface area contributed by atoms with Crippen LogP contribution in [0.15, 0.2) is 89.9 Å². The number of hydrogen-bond acceptors (Lipinski definition) is 11. The average molecular weight is 851 g/mol. The zero-order valence-electron chi connectivity index (χ0n) is 28.9. The van der Waals surface area contributed by atoms with Crippen molar-refractivity contribution >= 4 is 43.2 Å². The van der Waals surface area contributed by atoms with Crippen molar-refractivity contribution in [3.8, 4) is 11.5 Å². The van der Waals surface area contributed by atoms with Crippen LogP contribution in [0.5, 0.6) is 0 Å². The summed E-state index contributed by atoms with van der Waals surface area (Å²) in [6.45, 7) is -0.753. The van der Waals surface area contributed by atoms with Gasteiger partial charge in [0.25, 0.3) is 5.91 Å². The number of nitrogens with one attached hydrogen (secondary N) is 2. The largest absolute Gasteiger partial charge is 0.472 e. The molecule has 0 spiro atoms. The van der Waals surface area contributed by atoms with E-state index in [1.54, 1.807) is 0 Å². The maximum atomic E-state index is 14.5. The number of benzene rings is 2. The summed E-state index contributed by atoms with van der Waals surface area (Å²) in [5.74, 6) is -7.47. The minimum Gasteiger partial charge on any atom is -0.413 e. The van der Waals surface area contributed by atoms with E-state index < -0.39 is 74.2 Å². The Kier molecular flexibility index (Phi) is 13.2. The van der Waals surface area contributed by atoms with Crippen LogP contribution in [0.1, 0.15) is 27.4 Å². The molecule has 3 heterocycles. The average Bonchev–Trinajstić information content (AvgIpc) is 3.64. The summed E-state index contributed by atoms with van der Waals surface area (Å²) in [7, 11) is -7.55. The minimum atomic E-state index is -5.20. The van der Waals surface area contributed by atoms with Gasteiger partial charge >= 0.3 is 24.2 Å². The molecule has 3 aromatic heterocycles. The molecule has 0 radical (unpaired) electrons. The number of pyridine rings is 2. The molecule has 0 unspecified atom stereocenters. The summed E-state index contributed by atoms with van der Waals surface area (Å²) < 4.78 is 157. The molecule has 0 saturated carbocycles. The lowest BCUT2D eigenvalue weighted by Gasteiger charge is -2.22. The van der Waals surface area contributed by atoms with Gasteiger partial charge in [0.15, 0.2) is 0 Å². The summed E-state index contributed by atoms with van der Waals surface area (Å²) in [6.07, 6.45) is -2.68. The van der Waals surface area contributed by atoms with Gasteiger partial charge in [-0.1, -0.05) is 12.1 Å². The van der Waals surface area contributed by atoms with Gasteiger partial charge in [-0.15, -0.1) is 10.2 Å². The number of carbonyl (C=O) groups excluding carboxylic acids is 2. The van der Waals surface area contributed by atoms with Crippen LogP contribution in [0.4, 0.5) is 46.5 Å². The Morgan fingerprint density at radius 2 is 1.23 bits per heavy atom. The number of hydrogen-bond donors (Lipinski definition) is 2. The van der Waals surface area contributed by atoms with Gasteiger partial charge < -0.3 is 4.42 Å². The number of hydrazine groups is 1. The van der Waals surface area contributed by atoms with E-state index in [0.29, 0.717) is 6.07 Å². The minimum absolute atomic E-state index is 0.00594. The van der Waals surface area contributed by atoms with Crippen LogP contribution in [0, 0.1) is 11.6 Å². The highest BCUT2D eigenvalue weighted by Gasteiger charge is 2.39. The molecule has 0 aliphatic rings. The summed E-state index contributed by atoms with van der Waals surface area (Å²) in [6, 6.07) is 12.2. The van der Waals surface area contributed by atoms with E-state index in [0.717, 1.165) is 44.7 Å². The van der Waals surface area contributed by atoms with Gasteiger partial charge in [0.05, 0.1) is 49.4 Å². The van der Waals surface area contributed by atoms with Crippen molar-refractivity contribution in [2.24, 2.45) is 0 Å². The van der Waals surface area contributed by atoms with Gasteiger partial charge in [-0.25, -0.2) is 25.6 Å². The quantitative estimate of drug-likeness (QED) is 0.145. The van der Waals surface area contributed by atoms with Gasteiger partial charge in [-0.05, 0) is 48.5 Å². The molecule has 5 aromatic rings. The highest BCUT2D eigenvalue weighted by Crippen LogP contribution is 2.31. The molecule has 2 N–H and O–H groups in total. The molecule has 0 saturated heterocycles. The van der Waals surface area contributed by atoms with E-state index in [-0.39, 0.29) is 40.2 Å². The zero-order valence-corrected chi connectivity index (χ0v) is 30.5. The van der Waals surface area contributed by atoms with Crippen LogP contribution in [-0.2, 0) is 44.1 Å². The first kappa shape index (κ1) is 43.5. The number of sulfonamides is 2. The van der Waals surface area contributed by atoms with Gasteiger partial charge in [0.1, 0.15) is 11.6 Å². The molecule has 57 heavy (non-hydrogen) atoms. The highest BCUT2D eigenvalue weighted by molar-refractivity contribution is 7.92. The lowest BCUT2D eigenvalue weighted by molar-refractivity contribution is -0.174. The summed E-state index contributed by atoms with van der Waals surface area (Å²) in [4.78, 5) is 30.1. The second kappa shape index (κ2) is 17.3. The molecule has 15 nitrogen and oxygen atoms in total. The Morgan fingerprint density at radius 1 is 0.719 bits per heavy atom.